The van der Waals surface area contributed by atoms with Crippen molar-refractivity contribution in [3.63, 3.8) is 0 Å². The Bertz CT molecular complexity index is 471. The van der Waals surface area contributed by atoms with E-state index < -0.39 is 33.4 Å². The van der Waals surface area contributed by atoms with E-state index in [4.69, 9.17) is 5.11 Å². The second-order valence-electron chi connectivity index (χ2n) is 5.44. The summed E-state index contributed by atoms with van der Waals surface area (Å²) >= 11 is 0. The van der Waals surface area contributed by atoms with Crippen LogP contribution >= 0.6 is 0 Å². The molecule has 110 valence electrons. The van der Waals surface area contributed by atoms with Gasteiger partial charge in [0, 0.05) is 13.1 Å². The second-order valence-corrected chi connectivity index (χ2v) is 7.37. The number of sulfonamides is 1. The Morgan fingerprint density at radius 3 is 2.47 bits per heavy atom. The molecule has 2 N–H and O–H groups in total. The third-order valence-corrected chi connectivity index (χ3v) is 4.50. The van der Waals surface area contributed by atoms with Gasteiger partial charge in [0.15, 0.2) is 0 Å². The van der Waals surface area contributed by atoms with Crippen LogP contribution in [0.5, 0.6) is 0 Å². The van der Waals surface area contributed by atoms with Crippen LogP contribution in [0.4, 0.5) is 0 Å². The molecular formula is C11H20N2O5S. The van der Waals surface area contributed by atoms with Crippen LogP contribution in [0, 0.1) is 5.41 Å². The molecule has 1 amide bonds. The number of carboxylic acid groups (broad SMARTS) is 1. The van der Waals surface area contributed by atoms with E-state index in [9.17, 15) is 18.0 Å². The average Bonchev–Trinajstić information content (AvgIpc) is 2.74. The van der Waals surface area contributed by atoms with Gasteiger partial charge in [-0.25, -0.2) is 8.42 Å². The highest BCUT2D eigenvalue weighted by atomic mass is 32.2. The number of carbonyl (C=O) groups excluding carboxylic acids is 1. The zero-order valence-electron chi connectivity index (χ0n) is 11.3. The van der Waals surface area contributed by atoms with Crippen molar-refractivity contribution in [3.05, 3.63) is 0 Å². The maximum absolute atomic E-state index is 12.0. The normalized spacial score (nSPS) is 21.3. The van der Waals surface area contributed by atoms with Gasteiger partial charge in [0.05, 0.1) is 11.7 Å². The summed E-state index contributed by atoms with van der Waals surface area (Å²) in [6.07, 6.45) is 2.17. The number of amides is 1. The fourth-order valence-corrected chi connectivity index (χ4v) is 3.02. The largest absolute Gasteiger partial charge is 0.481 e. The summed E-state index contributed by atoms with van der Waals surface area (Å²) in [6.45, 7) is 3.30. The van der Waals surface area contributed by atoms with Gasteiger partial charge in [-0.2, -0.15) is 4.31 Å². The number of carbonyl (C=O) groups is 2. The van der Waals surface area contributed by atoms with E-state index >= 15 is 0 Å². The van der Waals surface area contributed by atoms with Crippen molar-refractivity contribution in [1.82, 2.24) is 9.62 Å². The molecule has 8 heteroatoms. The number of hydrogen-bond acceptors (Lipinski definition) is 4. The quantitative estimate of drug-likeness (QED) is 0.720. The highest BCUT2D eigenvalue weighted by Crippen LogP contribution is 2.21. The van der Waals surface area contributed by atoms with Crippen LogP contribution in [0.2, 0.25) is 0 Å². The zero-order chi connectivity index (χ0) is 14.8. The van der Waals surface area contributed by atoms with Gasteiger partial charge in [0.1, 0.15) is 6.04 Å². The summed E-state index contributed by atoms with van der Waals surface area (Å²) < 4.78 is 24.2. The summed E-state index contributed by atoms with van der Waals surface area (Å²) in [5, 5.41) is 11.5. The standard InChI is InChI=1S/C11H20N2O5S/c1-11(2,10(15)16)7-12-9(14)8-5-4-6-13(8)19(3,17)18/h8H,4-7H2,1-3H3,(H,12,14)(H,15,16)/t8-/m1/s1. The first-order valence-electron chi connectivity index (χ1n) is 6.03. The Hall–Kier alpha value is -1.15. The summed E-state index contributed by atoms with van der Waals surface area (Å²) in [6, 6.07) is -0.723. The van der Waals surface area contributed by atoms with Gasteiger partial charge < -0.3 is 10.4 Å². The average molecular weight is 292 g/mol. The van der Waals surface area contributed by atoms with E-state index in [2.05, 4.69) is 5.32 Å². The summed E-state index contributed by atoms with van der Waals surface area (Å²) in [5.41, 5.74) is -1.08. The Labute approximate surface area is 113 Å². The molecule has 1 heterocycles. The molecule has 19 heavy (non-hydrogen) atoms. The number of rotatable bonds is 5. The van der Waals surface area contributed by atoms with Crippen LogP contribution in [0.1, 0.15) is 26.7 Å². The molecule has 0 unspecified atom stereocenters. The molecule has 0 bridgehead atoms. The molecule has 0 radical (unpaired) electrons. The van der Waals surface area contributed by atoms with Crippen LogP contribution < -0.4 is 5.32 Å². The number of carboxylic acids is 1. The fourth-order valence-electron chi connectivity index (χ4n) is 1.90. The van der Waals surface area contributed by atoms with Crippen LogP contribution in [-0.4, -0.2) is 55.1 Å². The molecule has 1 aliphatic heterocycles. The summed E-state index contributed by atoms with van der Waals surface area (Å²) in [4.78, 5) is 22.9. The minimum absolute atomic E-state index is 0.0325. The summed E-state index contributed by atoms with van der Waals surface area (Å²) in [7, 11) is -3.41. The van der Waals surface area contributed by atoms with Gasteiger partial charge >= 0.3 is 5.97 Å². The smallest absolute Gasteiger partial charge is 0.310 e. The molecule has 0 aliphatic carbocycles. The molecule has 0 aromatic carbocycles. The van der Waals surface area contributed by atoms with Crippen molar-refractivity contribution < 1.29 is 23.1 Å². The lowest BCUT2D eigenvalue weighted by atomic mass is 9.94. The van der Waals surface area contributed by atoms with Crippen molar-refractivity contribution in [2.75, 3.05) is 19.3 Å². The van der Waals surface area contributed by atoms with Crippen molar-refractivity contribution in [1.29, 1.82) is 0 Å². The number of aliphatic carboxylic acids is 1. The lowest BCUT2D eigenvalue weighted by molar-refractivity contribution is -0.146. The van der Waals surface area contributed by atoms with Crippen molar-refractivity contribution in [2.45, 2.75) is 32.7 Å². The Kier molecular flexibility index (Phi) is 4.57. The molecular weight excluding hydrogens is 272 g/mol. The van der Waals surface area contributed by atoms with E-state index in [1.807, 2.05) is 0 Å². The zero-order valence-corrected chi connectivity index (χ0v) is 12.2. The minimum Gasteiger partial charge on any atom is -0.481 e. The van der Waals surface area contributed by atoms with Crippen LogP contribution in [-0.2, 0) is 19.6 Å². The van der Waals surface area contributed by atoms with Crippen molar-refractivity contribution in [3.8, 4) is 0 Å². The van der Waals surface area contributed by atoms with E-state index in [0.717, 1.165) is 10.6 Å². The summed E-state index contributed by atoms with van der Waals surface area (Å²) in [5.74, 6) is -1.45. The number of nitrogens with zero attached hydrogens (tertiary/aromatic N) is 1. The molecule has 0 aromatic rings. The van der Waals surface area contributed by atoms with Crippen LogP contribution in [0.25, 0.3) is 0 Å². The SMILES string of the molecule is CC(C)(CNC(=O)[C@H]1CCCN1S(C)(=O)=O)C(=O)O. The lowest BCUT2D eigenvalue weighted by Crippen LogP contribution is -2.48. The van der Waals surface area contributed by atoms with Crippen molar-refractivity contribution in [2.24, 2.45) is 5.41 Å². The van der Waals surface area contributed by atoms with E-state index in [1.54, 1.807) is 0 Å². The second kappa shape index (κ2) is 5.46. The van der Waals surface area contributed by atoms with Gasteiger partial charge in [-0.05, 0) is 26.7 Å². The molecule has 7 nitrogen and oxygen atoms in total. The predicted octanol–water partition coefficient (Wildman–Crippen LogP) is -0.363. The van der Waals surface area contributed by atoms with Crippen molar-refractivity contribution >= 4 is 21.9 Å². The fraction of sp³-hybridized carbons (Fsp3) is 0.818. The van der Waals surface area contributed by atoms with Gasteiger partial charge in [-0.3, -0.25) is 9.59 Å². The maximum atomic E-state index is 12.0. The molecule has 0 aromatic heterocycles. The van der Waals surface area contributed by atoms with Gasteiger partial charge in [-0.1, -0.05) is 0 Å². The highest BCUT2D eigenvalue weighted by Gasteiger charge is 2.37. The minimum atomic E-state index is -3.41. The topological polar surface area (TPSA) is 104 Å². The molecule has 0 saturated carbocycles. The Balaban J connectivity index is 2.66. The lowest BCUT2D eigenvalue weighted by Gasteiger charge is -2.24. The molecule has 1 atom stereocenters. The molecule has 1 saturated heterocycles. The Morgan fingerprint density at radius 1 is 1.42 bits per heavy atom. The Morgan fingerprint density at radius 2 is 2.00 bits per heavy atom. The predicted molar refractivity (Wildman–Crippen MR) is 69.0 cm³/mol. The number of hydrogen-bond donors (Lipinski definition) is 2. The van der Waals surface area contributed by atoms with Crippen LogP contribution in [0.3, 0.4) is 0 Å². The first-order chi connectivity index (χ1) is 8.55. The number of nitrogens with one attached hydrogen (secondary N) is 1. The van der Waals surface area contributed by atoms with E-state index in [-0.39, 0.29) is 6.54 Å². The molecule has 1 rings (SSSR count). The van der Waals surface area contributed by atoms with Gasteiger partial charge in [0.25, 0.3) is 0 Å². The monoisotopic (exact) mass is 292 g/mol. The van der Waals surface area contributed by atoms with Crippen LogP contribution in [0.15, 0.2) is 0 Å². The molecule has 0 spiro atoms. The van der Waals surface area contributed by atoms with Gasteiger partial charge in [-0.15, -0.1) is 0 Å². The highest BCUT2D eigenvalue weighted by molar-refractivity contribution is 7.88. The molecule has 1 fully saturated rings. The van der Waals surface area contributed by atoms with Gasteiger partial charge in [0.2, 0.25) is 15.9 Å². The third kappa shape index (κ3) is 3.90. The first kappa shape index (κ1) is 15.9. The maximum Gasteiger partial charge on any atom is 0.310 e. The van der Waals surface area contributed by atoms with E-state index in [0.29, 0.717) is 19.4 Å². The van der Waals surface area contributed by atoms with E-state index in [1.165, 1.54) is 13.8 Å². The molecule has 1 aliphatic rings. The first-order valence-corrected chi connectivity index (χ1v) is 7.88. The third-order valence-electron chi connectivity index (χ3n) is 3.22.